The molecule has 0 amide bonds. The molecule has 0 heterocycles. The molecule has 0 aromatic heterocycles. The summed E-state index contributed by atoms with van der Waals surface area (Å²) < 4.78 is 9.59. The van der Waals surface area contributed by atoms with E-state index in [4.69, 9.17) is 19.7 Å². The minimum atomic E-state index is -0.803. The van der Waals surface area contributed by atoms with Crippen LogP contribution in [0.3, 0.4) is 0 Å². The number of aliphatic carboxylic acids is 2. The van der Waals surface area contributed by atoms with E-state index in [-0.39, 0.29) is 141 Å². The van der Waals surface area contributed by atoms with E-state index < -0.39 is 35.8 Å². The molecular formula is C27H46K2O10. The second-order valence-corrected chi connectivity index (χ2v) is 9.28. The standard InChI is InChI=1S/C27H44O10.2K.2H/c28-22(29)16-10-4-1-6-12-18-24(32)36-26(34)20-14-8-3-9-15-21-27(35)37-25(33)19-13-7-2-5-11-17-23(30)31;;;;/h1-21H2,(H,28,29)(H,30,31);;;;. The molecule has 0 saturated carbocycles. The van der Waals surface area contributed by atoms with Crippen LogP contribution in [0.25, 0.3) is 0 Å². The topological polar surface area (TPSA) is 161 Å². The van der Waals surface area contributed by atoms with Crippen molar-refractivity contribution >= 4 is 139 Å². The average Bonchev–Trinajstić information content (AvgIpc) is 2.81. The summed E-state index contributed by atoms with van der Waals surface area (Å²) in [6.07, 6.45) is 11.9. The molecule has 0 aliphatic heterocycles. The van der Waals surface area contributed by atoms with Crippen LogP contribution in [0.15, 0.2) is 0 Å². The molecule has 0 atom stereocenters. The predicted octanol–water partition coefficient (Wildman–Crippen LogP) is 4.19. The molecule has 12 heteroatoms. The Balaban J connectivity index is -0.00000648. The van der Waals surface area contributed by atoms with E-state index >= 15 is 0 Å². The molecule has 0 aromatic carbocycles. The van der Waals surface area contributed by atoms with Crippen molar-refractivity contribution in [1.82, 2.24) is 0 Å². The molecule has 10 nitrogen and oxygen atoms in total. The minimum absolute atomic E-state index is 0. The van der Waals surface area contributed by atoms with E-state index in [9.17, 15) is 28.8 Å². The van der Waals surface area contributed by atoms with Gasteiger partial charge in [-0.05, 0) is 38.5 Å². The second kappa shape index (κ2) is 31.4. The van der Waals surface area contributed by atoms with Gasteiger partial charge in [-0.25, -0.2) is 0 Å². The zero-order valence-electron chi connectivity index (χ0n) is 22.0. The van der Waals surface area contributed by atoms with Crippen molar-refractivity contribution in [2.75, 3.05) is 0 Å². The molecule has 0 radical (unpaired) electrons. The van der Waals surface area contributed by atoms with Gasteiger partial charge in [-0.3, -0.25) is 28.8 Å². The first-order valence-corrected chi connectivity index (χ1v) is 13.6. The van der Waals surface area contributed by atoms with Crippen LogP contribution in [0, 0.1) is 0 Å². The van der Waals surface area contributed by atoms with E-state index in [2.05, 4.69) is 0 Å². The van der Waals surface area contributed by atoms with Gasteiger partial charge in [-0.2, -0.15) is 0 Å². The number of carbonyl (C=O) groups is 6. The molecule has 0 spiro atoms. The van der Waals surface area contributed by atoms with Crippen molar-refractivity contribution < 1.29 is 48.5 Å². The molecular weight excluding hydrogens is 562 g/mol. The van der Waals surface area contributed by atoms with Gasteiger partial charge < -0.3 is 19.7 Å². The Hall–Kier alpha value is 0.493. The summed E-state index contributed by atoms with van der Waals surface area (Å²) in [6, 6.07) is 0. The summed E-state index contributed by atoms with van der Waals surface area (Å²) in [5, 5.41) is 17.1. The number of unbranched alkanes of at least 4 members (excludes halogenated alkanes) is 12. The molecule has 0 aliphatic carbocycles. The Morgan fingerprint density at radius 2 is 0.513 bits per heavy atom. The van der Waals surface area contributed by atoms with Crippen molar-refractivity contribution in [3.05, 3.63) is 0 Å². The predicted molar refractivity (Wildman–Crippen MR) is 149 cm³/mol. The summed E-state index contributed by atoms with van der Waals surface area (Å²) in [6.45, 7) is 0. The molecule has 2 N–H and O–H groups in total. The Morgan fingerprint density at radius 3 is 0.718 bits per heavy atom. The SMILES string of the molecule is O=C(O)CCCCCCCC(=O)OC(=O)CCCCCCCC(=O)OC(=O)CCCCCCCC(=O)O.[KH].[KH]. The van der Waals surface area contributed by atoms with Gasteiger partial charge in [-0.1, -0.05) is 57.8 Å². The van der Waals surface area contributed by atoms with Gasteiger partial charge in [0.2, 0.25) is 0 Å². The van der Waals surface area contributed by atoms with Crippen LogP contribution in [0.2, 0.25) is 0 Å². The fourth-order valence-electron chi connectivity index (χ4n) is 3.68. The van der Waals surface area contributed by atoms with E-state index in [1.165, 1.54) is 0 Å². The van der Waals surface area contributed by atoms with Crippen molar-refractivity contribution in [3.8, 4) is 0 Å². The van der Waals surface area contributed by atoms with E-state index in [1.807, 2.05) is 0 Å². The van der Waals surface area contributed by atoms with Crippen LogP contribution in [0.4, 0.5) is 0 Å². The molecule has 216 valence electrons. The summed E-state index contributed by atoms with van der Waals surface area (Å²) >= 11 is 0. The zero-order chi connectivity index (χ0) is 27.7. The first kappa shape index (κ1) is 43.9. The summed E-state index contributed by atoms with van der Waals surface area (Å²) in [7, 11) is 0. The third-order valence-electron chi connectivity index (χ3n) is 5.76. The quantitative estimate of drug-likeness (QED) is 0.0703. The maximum atomic E-state index is 11.7. The van der Waals surface area contributed by atoms with Gasteiger partial charge in [0.25, 0.3) is 0 Å². The summed E-state index contributed by atoms with van der Waals surface area (Å²) in [5.74, 6) is -3.73. The number of hydrogen-bond donors (Lipinski definition) is 2. The Morgan fingerprint density at radius 1 is 0.333 bits per heavy atom. The Bertz CT molecular complexity index is 655. The fourth-order valence-corrected chi connectivity index (χ4v) is 3.68. The number of carboxylic acids is 2. The van der Waals surface area contributed by atoms with Gasteiger partial charge in [0, 0.05) is 38.5 Å². The third-order valence-corrected chi connectivity index (χ3v) is 5.76. The van der Waals surface area contributed by atoms with Crippen LogP contribution in [0.1, 0.15) is 135 Å². The number of carboxylic acid groups (broad SMARTS) is 2. The fraction of sp³-hybridized carbons (Fsp3) is 0.778. The average molecular weight is 609 g/mol. The first-order valence-electron chi connectivity index (χ1n) is 13.6. The molecule has 0 saturated heterocycles. The number of ether oxygens (including phenoxy) is 2. The summed E-state index contributed by atoms with van der Waals surface area (Å²) in [5.41, 5.74) is 0. The van der Waals surface area contributed by atoms with Crippen molar-refractivity contribution in [2.24, 2.45) is 0 Å². The summed E-state index contributed by atoms with van der Waals surface area (Å²) in [4.78, 5) is 67.6. The molecule has 0 fully saturated rings. The molecule has 0 rings (SSSR count). The molecule has 0 bridgehead atoms. The van der Waals surface area contributed by atoms with Gasteiger partial charge in [0.15, 0.2) is 0 Å². The van der Waals surface area contributed by atoms with Crippen LogP contribution in [-0.4, -0.2) is 149 Å². The van der Waals surface area contributed by atoms with E-state index in [1.54, 1.807) is 0 Å². The van der Waals surface area contributed by atoms with Gasteiger partial charge in [-0.15, -0.1) is 0 Å². The van der Waals surface area contributed by atoms with Crippen molar-refractivity contribution in [2.45, 2.75) is 135 Å². The Kier molecular flexibility index (Phi) is 35.4. The molecule has 0 aliphatic rings. The maximum absolute atomic E-state index is 11.7. The van der Waals surface area contributed by atoms with Gasteiger partial charge in [0.05, 0.1) is 0 Å². The number of esters is 4. The van der Waals surface area contributed by atoms with Crippen LogP contribution in [0.5, 0.6) is 0 Å². The molecule has 39 heavy (non-hydrogen) atoms. The van der Waals surface area contributed by atoms with Gasteiger partial charge in [0.1, 0.15) is 0 Å². The monoisotopic (exact) mass is 608 g/mol. The van der Waals surface area contributed by atoms with Crippen LogP contribution < -0.4 is 0 Å². The number of rotatable bonds is 24. The zero-order valence-corrected chi connectivity index (χ0v) is 22.0. The molecule has 0 unspecified atom stereocenters. The van der Waals surface area contributed by atoms with E-state index in [0.717, 1.165) is 57.8 Å². The third kappa shape index (κ3) is 34.6. The van der Waals surface area contributed by atoms with Crippen LogP contribution >= 0.6 is 0 Å². The first-order chi connectivity index (χ1) is 17.7. The van der Waals surface area contributed by atoms with Crippen LogP contribution in [-0.2, 0) is 38.2 Å². The van der Waals surface area contributed by atoms with E-state index in [0.29, 0.717) is 38.5 Å². The molecule has 0 aromatic rings. The Labute approximate surface area is 317 Å². The number of hydrogen-bond acceptors (Lipinski definition) is 8. The van der Waals surface area contributed by atoms with Crippen molar-refractivity contribution in [1.29, 1.82) is 0 Å². The number of carbonyl (C=O) groups excluding carboxylic acids is 4. The van der Waals surface area contributed by atoms with Crippen molar-refractivity contribution in [3.63, 3.8) is 0 Å². The second-order valence-electron chi connectivity index (χ2n) is 9.28. The normalized spacial score (nSPS) is 10.1. The van der Waals surface area contributed by atoms with Gasteiger partial charge >= 0.3 is 139 Å².